The van der Waals surface area contributed by atoms with Gasteiger partial charge in [0.2, 0.25) is 5.91 Å². The summed E-state index contributed by atoms with van der Waals surface area (Å²) >= 11 is 0. The predicted octanol–water partition coefficient (Wildman–Crippen LogP) is 1.83. The molecular formula is C13H18N2O. The Morgan fingerprint density at radius 1 is 1.38 bits per heavy atom. The van der Waals surface area contributed by atoms with Crippen LogP contribution in [0.5, 0.6) is 0 Å². The van der Waals surface area contributed by atoms with E-state index in [1.807, 2.05) is 24.3 Å². The summed E-state index contributed by atoms with van der Waals surface area (Å²) in [7, 11) is 0. The summed E-state index contributed by atoms with van der Waals surface area (Å²) < 4.78 is 0. The summed E-state index contributed by atoms with van der Waals surface area (Å²) in [5, 5.41) is 2.98. The van der Waals surface area contributed by atoms with Crippen LogP contribution < -0.4 is 11.1 Å². The highest BCUT2D eigenvalue weighted by Crippen LogP contribution is 2.48. The number of benzene rings is 1. The van der Waals surface area contributed by atoms with Crippen molar-refractivity contribution in [3.05, 3.63) is 29.8 Å². The third-order valence-corrected chi connectivity index (χ3v) is 3.18. The van der Waals surface area contributed by atoms with Gasteiger partial charge < -0.3 is 11.1 Å². The fourth-order valence-corrected chi connectivity index (χ4v) is 1.98. The van der Waals surface area contributed by atoms with Crippen LogP contribution in [0.2, 0.25) is 0 Å². The second-order valence-corrected chi connectivity index (χ2v) is 4.46. The standard InChI is InChI=1S/C13H18N2O/c1-2-9-15-12(16)13(7-8-13)10-3-5-11(14)6-4-10/h3-6H,2,7-9,14H2,1H3,(H,15,16). The van der Waals surface area contributed by atoms with Crippen LogP contribution in [0.4, 0.5) is 5.69 Å². The molecule has 0 atom stereocenters. The number of nitrogen functional groups attached to an aromatic ring is 1. The Morgan fingerprint density at radius 3 is 2.50 bits per heavy atom. The number of carbonyl (C=O) groups is 1. The fourth-order valence-electron chi connectivity index (χ4n) is 1.98. The lowest BCUT2D eigenvalue weighted by atomic mass is 9.95. The van der Waals surface area contributed by atoms with Gasteiger partial charge >= 0.3 is 0 Å². The molecule has 1 aliphatic carbocycles. The third-order valence-electron chi connectivity index (χ3n) is 3.18. The van der Waals surface area contributed by atoms with Gasteiger partial charge in [0.15, 0.2) is 0 Å². The van der Waals surface area contributed by atoms with Gasteiger partial charge in [0.25, 0.3) is 0 Å². The van der Waals surface area contributed by atoms with Crippen molar-refractivity contribution in [1.82, 2.24) is 5.32 Å². The zero-order valence-corrected chi connectivity index (χ0v) is 9.62. The van der Waals surface area contributed by atoms with Crippen LogP contribution in [0.25, 0.3) is 0 Å². The molecule has 1 amide bonds. The zero-order valence-electron chi connectivity index (χ0n) is 9.62. The summed E-state index contributed by atoms with van der Waals surface area (Å²) in [5.74, 6) is 0.166. The number of nitrogens with two attached hydrogens (primary N) is 1. The Bertz CT molecular complexity index is 379. The van der Waals surface area contributed by atoms with Gasteiger partial charge in [-0.1, -0.05) is 19.1 Å². The lowest BCUT2D eigenvalue weighted by Gasteiger charge is -2.15. The molecule has 1 aromatic carbocycles. The Balaban J connectivity index is 2.13. The van der Waals surface area contributed by atoms with E-state index in [1.165, 1.54) is 0 Å². The number of hydrogen-bond donors (Lipinski definition) is 2. The van der Waals surface area contributed by atoms with Crippen LogP contribution in [0.3, 0.4) is 0 Å². The van der Waals surface area contributed by atoms with Crippen molar-refractivity contribution in [2.75, 3.05) is 12.3 Å². The molecule has 2 rings (SSSR count). The van der Waals surface area contributed by atoms with E-state index in [0.29, 0.717) is 0 Å². The molecule has 1 aromatic rings. The zero-order chi connectivity index (χ0) is 11.6. The monoisotopic (exact) mass is 218 g/mol. The molecule has 1 aliphatic rings. The lowest BCUT2D eigenvalue weighted by Crippen LogP contribution is -2.35. The molecule has 0 aromatic heterocycles. The van der Waals surface area contributed by atoms with E-state index in [-0.39, 0.29) is 11.3 Å². The molecule has 0 heterocycles. The normalized spacial score (nSPS) is 16.8. The topological polar surface area (TPSA) is 55.1 Å². The highest BCUT2D eigenvalue weighted by Gasteiger charge is 2.50. The van der Waals surface area contributed by atoms with Crippen molar-refractivity contribution >= 4 is 11.6 Å². The van der Waals surface area contributed by atoms with Crippen LogP contribution >= 0.6 is 0 Å². The quantitative estimate of drug-likeness (QED) is 0.757. The van der Waals surface area contributed by atoms with Gasteiger partial charge in [-0.25, -0.2) is 0 Å². The average molecular weight is 218 g/mol. The van der Waals surface area contributed by atoms with Crippen molar-refractivity contribution < 1.29 is 4.79 Å². The third kappa shape index (κ3) is 1.90. The van der Waals surface area contributed by atoms with Crippen molar-refractivity contribution in [2.24, 2.45) is 0 Å². The Labute approximate surface area is 96.0 Å². The maximum atomic E-state index is 12.0. The van der Waals surface area contributed by atoms with E-state index in [9.17, 15) is 4.79 Å². The van der Waals surface area contributed by atoms with Crippen molar-refractivity contribution in [2.45, 2.75) is 31.6 Å². The first-order valence-corrected chi connectivity index (χ1v) is 5.83. The first-order valence-electron chi connectivity index (χ1n) is 5.83. The van der Waals surface area contributed by atoms with Crippen molar-refractivity contribution in [3.63, 3.8) is 0 Å². The van der Waals surface area contributed by atoms with E-state index in [2.05, 4.69) is 12.2 Å². The Kier molecular flexibility index (Phi) is 2.86. The number of anilines is 1. The van der Waals surface area contributed by atoms with Crippen LogP contribution in [-0.2, 0) is 10.2 Å². The number of carbonyl (C=O) groups excluding carboxylic acids is 1. The van der Waals surface area contributed by atoms with Gasteiger partial charge in [-0.3, -0.25) is 4.79 Å². The summed E-state index contributed by atoms with van der Waals surface area (Å²) in [5.41, 5.74) is 7.22. The van der Waals surface area contributed by atoms with Crippen molar-refractivity contribution in [3.8, 4) is 0 Å². The molecule has 0 saturated heterocycles. The number of nitrogens with one attached hydrogen (secondary N) is 1. The largest absolute Gasteiger partial charge is 0.399 e. The minimum atomic E-state index is -0.261. The van der Waals surface area contributed by atoms with Crippen LogP contribution in [0, 0.1) is 0 Å². The summed E-state index contributed by atoms with van der Waals surface area (Å²) in [6, 6.07) is 7.66. The van der Waals surface area contributed by atoms with Gasteiger partial charge in [0, 0.05) is 12.2 Å². The van der Waals surface area contributed by atoms with Crippen LogP contribution in [-0.4, -0.2) is 12.5 Å². The predicted molar refractivity (Wildman–Crippen MR) is 65.1 cm³/mol. The smallest absolute Gasteiger partial charge is 0.230 e. The molecule has 3 N–H and O–H groups in total. The van der Waals surface area contributed by atoms with E-state index in [1.54, 1.807) is 0 Å². The fraction of sp³-hybridized carbons (Fsp3) is 0.462. The van der Waals surface area contributed by atoms with Gasteiger partial charge in [0.1, 0.15) is 0 Å². The number of rotatable bonds is 4. The highest BCUT2D eigenvalue weighted by molar-refractivity contribution is 5.91. The molecule has 1 fully saturated rings. The molecule has 3 nitrogen and oxygen atoms in total. The summed E-state index contributed by atoms with van der Waals surface area (Å²) in [6.07, 6.45) is 2.88. The molecule has 0 aliphatic heterocycles. The second-order valence-electron chi connectivity index (χ2n) is 4.46. The summed E-state index contributed by atoms with van der Waals surface area (Å²) in [6.45, 7) is 2.82. The van der Waals surface area contributed by atoms with Gasteiger partial charge in [-0.05, 0) is 37.0 Å². The molecule has 1 saturated carbocycles. The number of hydrogen-bond acceptors (Lipinski definition) is 2. The SMILES string of the molecule is CCCNC(=O)C1(c2ccc(N)cc2)CC1. The van der Waals surface area contributed by atoms with Gasteiger partial charge in [-0.15, -0.1) is 0 Å². The number of amides is 1. The first-order chi connectivity index (χ1) is 7.69. The Morgan fingerprint density at radius 2 is 2.00 bits per heavy atom. The minimum Gasteiger partial charge on any atom is -0.399 e. The Hall–Kier alpha value is -1.51. The second kappa shape index (κ2) is 4.16. The van der Waals surface area contributed by atoms with E-state index < -0.39 is 0 Å². The lowest BCUT2D eigenvalue weighted by molar-refractivity contribution is -0.123. The van der Waals surface area contributed by atoms with Crippen LogP contribution in [0.1, 0.15) is 31.7 Å². The van der Waals surface area contributed by atoms with Gasteiger partial charge in [0.05, 0.1) is 5.41 Å². The maximum Gasteiger partial charge on any atom is 0.230 e. The van der Waals surface area contributed by atoms with Crippen molar-refractivity contribution in [1.29, 1.82) is 0 Å². The molecular weight excluding hydrogens is 200 g/mol. The molecule has 0 spiro atoms. The molecule has 86 valence electrons. The minimum absolute atomic E-state index is 0.166. The molecule has 0 unspecified atom stereocenters. The summed E-state index contributed by atoms with van der Waals surface area (Å²) in [4.78, 5) is 12.0. The molecule has 0 radical (unpaired) electrons. The molecule has 0 bridgehead atoms. The average Bonchev–Trinajstić information content (AvgIpc) is 3.08. The van der Waals surface area contributed by atoms with E-state index in [0.717, 1.165) is 37.1 Å². The molecule has 16 heavy (non-hydrogen) atoms. The molecule has 3 heteroatoms. The van der Waals surface area contributed by atoms with E-state index in [4.69, 9.17) is 5.73 Å². The maximum absolute atomic E-state index is 12.0. The first kappa shape index (κ1) is 11.0. The van der Waals surface area contributed by atoms with E-state index >= 15 is 0 Å². The van der Waals surface area contributed by atoms with Crippen LogP contribution in [0.15, 0.2) is 24.3 Å². The van der Waals surface area contributed by atoms with Gasteiger partial charge in [-0.2, -0.15) is 0 Å². The highest BCUT2D eigenvalue weighted by atomic mass is 16.2.